The third-order valence-electron chi connectivity index (χ3n) is 5.31. The number of carbonyl (C=O) groups is 1. The molecule has 2 aliphatic heterocycles. The minimum Gasteiger partial charge on any atom is -0.352 e. The fourth-order valence-electron chi connectivity index (χ4n) is 3.73. The van der Waals surface area contributed by atoms with Crippen molar-refractivity contribution in [3.63, 3.8) is 0 Å². The zero-order valence-electron chi connectivity index (χ0n) is 16.0. The zero-order valence-corrected chi connectivity index (χ0v) is 16.8. The van der Waals surface area contributed by atoms with Crippen molar-refractivity contribution in [3.05, 3.63) is 41.6 Å². The van der Waals surface area contributed by atoms with Crippen LogP contribution in [0.1, 0.15) is 18.2 Å². The van der Waals surface area contributed by atoms with Crippen LogP contribution in [0.25, 0.3) is 0 Å². The molecule has 0 aliphatic carbocycles. The topological polar surface area (TPSA) is 86.7 Å². The first-order chi connectivity index (χ1) is 13.4. The van der Waals surface area contributed by atoms with Crippen LogP contribution >= 0.6 is 0 Å². The van der Waals surface area contributed by atoms with Crippen molar-refractivity contribution in [2.75, 3.05) is 42.5 Å². The maximum absolute atomic E-state index is 13.1. The van der Waals surface area contributed by atoms with Crippen LogP contribution in [0.3, 0.4) is 0 Å². The first-order valence-corrected chi connectivity index (χ1v) is 10.8. The van der Waals surface area contributed by atoms with Crippen LogP contribution in [0.5, 0.6) is 0 Å². The summed E-state index contributed by atoms with van der Waals surface area (Å²) in [7, 11) is -3.57. The summed E-state index contributed by atoms with van der Waals surface area (Å²) in [6, 6.07) is 8.88. The minimum absolute atomic E-state index is 0.0234. The molecule has 0 atom stereocenters. The number of fused-ring (bicyclic) bond motifs is 1. The van der Waals surface area contributed by atoms with Gasteiger partial charge in [0.25, 0.3) is 0 Å². The highest BCUT2D eigenvalue weighted by atomic mass is 32.2. The Kier molecular flexibility index (Phi) is 4.80. The minimum atomic E-state index is -3.57. The number of carbonyl (C=O) groups excluding carboxylic acids is 1. The summed E-state index contributed by atoms with van der Waals surface area (Å²) >= 11 is 0. The molecule has 9 heteroatoms. The molecule has 4 rings (SSSR count). The Bertz CT molecular complexity index is 999. The van der Waals surface area contributed by atoms with Gasteiger partial charge in [-0.25, -0.2) is 8.42 Å². The molecule has 28 heavy (non-hydrogen) atoms. The number of aryl methyl sites for hydroxylation is 1. The van der Waals surface area contributed by atoms with Crippen molar-refractivity contribution in [1.82, 2.24) is 14.5 Å². The van der Waals surface area contributed by atoms with Crippen LogP contribution in [-0.4, -0.2) is 61.6 Å². The fourth-order valence-corrected chi connectivity index (χ4v) is 5.21. The van der Waals surface area contributed by atoms with E-state index >= 15 is 0 Å². The lowest BCUT2D eigenvalue weighted by molar-refractivity contribution is -0.116. The van der Waals surface area contributed by atoms with E-state index in [2.05, 4.69) is 10.2 Å². The number of aromatic nitrogens is 2. The van der Waals surface area contributed by atoms with Crippen molar-refractivity contribution in [2.45, 2.75) is 25.2 Å². The van der Waals surface area contributed by atoms with Gasteiger partial charge < -0.3 is 9.80 Å². The Morgan fingerprint density at radius 2 is 1.75 bits per heavy atom. The molecule has 1 amide bonds. The van der Waals surface area contributed by atoms with Crippen LogP contribution in [0.15, 0.2) is 35.2 Å². The molecule has 1 aromatic heterocycles. The first kappa shape index (κ1) is 18.8. The molecule has 0 radical (unpaired) electrons. The lowest BCUT2D eigenvalue weighted by Crippen LogP contribution is -2.49. The molecule has 2 aliphatic rings. The van der Waals surface area contributed by atoms with Gasteiger partial charge in [0.05, 0.1) is 10.6 Å². The predicted octanol–water partition coefficient (Wildman–Crippen LogP) is 1.20. The van der Waals surface area contributed by atoms with Gasteiger partial charge in [-0.1, -0.05) is 0 Å². The molecule has 1 aromatic carbocycles. The van der Waals surface area contributed by atoms with Crippen molar-refractivity contribution in [2.24, 2.45) is 0 Å². The molecule has 1 saturated heterocycles. The summed E-state index contributed by atoms with van der Waals surface area (Å²) in [5, 5.41) is 8.25. The van der Waals surface area contributed by atoms with Gasteiger partial charge in [-0.3, -0.25) is 4.79 Å². The van der Waals surface area contributed by atoms with Gasteiger partial charge in [-0.15, -0.1) is 5.10 Å². The third-order valence-corrected chi connectivity index (χ3v) is 7.21. The number of nitrogens with zero attached hydrogens (tertiary/aromatic N) is 5. The average molecular weight is 401 g/mol. The smallest absolute Gasteiger partial charge is 0.243 e. The van der Waals surface area contributed by atoms with Gasteiger partial charge in [0.15, 0.2) is 5.82 Å². The molecule has 3 heterocycles. The quantitative estimate of drug-likeness (QED) is 0.768. The lowest BCUT2D eigenvalue weighted by atomic mass is 10.2. The van der Waals surface area contributed by atoms with Gasteiger partial charge in [0.2, 0.25) is 15.9 Å². The summed E-state index contributed by atoms with van der Waals surface area (Å²) in [5.41, 5.74) is 2.57. The summed E-state index contributed by atoms with van der Waals surface area (Å²) in [4.78, 5) is 15.7. The monoisotopic (exact) mass is 401 g/mol. The molecule has 148 valence electrons. The Labute approximate surface area is 164 Å². The molecule has 0 N–H and O–H groups in total. The SMILES string of the molecule is CC(=O)N1CCc2cc(S(=O)(=O)N3CCN(c4ccc(C)nn4)CC3)ccc21. The molecule has 0 unspecified atom stereocenters. The van der Waals surface area contributed by atoms with Gasteiger partial charge in [0, 0.05) is 45.3 Å². The van der Waals surface area contributed by atoms with Crippen LogP contribution in [0.2, 0.25) is 0 Å². The summed E-state index contributed by atoms with van der Waals surface area (Å²) in [5.74, 6) is 0.745. The van der Waals surface area contributed by atoms with E-state index in [0.717, 1.165) is 22.8 Å². The normalized spacial score (nSPS) is 17.6. The van der Waals surface area contributed by atoms with E-state index in [0.29, 0.717) is 44.0 Å². The Morgan fingerprint density at radius 3 is 2.39 bits per heavy atom. The van der Waals surface area contributed by atoms with Gasteiger partial charge in [-0.2, -0.15) is 9.40 Å². The number of amides is 1. The highest BCUT2D eigenvalue weighted by Gasteiger charge is 2.31. The number of rotatable bonds is 3. The third kappa shape index (κ3) is 3.35. The molecular formula is C19H23N5O3S. The highest BCUT2D eigenvalue weighted by Crippen LogP contribution is 2.31. The Hall–Kier alpha value is -2.52. The molecule has 0 saturated carbocycles. The van der Waals surface area contributed by atoms with Crippen LogP contribution in [-0.2, 0) is 21.2 Å². The number of benzene rings is 1. The number of anilines is 2. The zero-order chi connectivity index (χ0) is 19.9. The van der Waals surface area contributed by atoms with Gasteiger partial charge >= 0.3 is 0 Å². The molecule has 1 fully saturated rings. The fraction of sp³-hybridized carbons (Fsp3) is 0.421. The molecule has 0 spiro atoms. The van der Waals surface area contributed by atoms with E-state index in [1.54, 1.807) is 23.1 Å². The molecular weight excluding hydrogens is 378 g/mol. The Balaban J connectivity index is 1.49. The summed E-state index contributed by atoms with van der Waals surface area (Å²) in [6.07, 6.45) is 0.679. The van der Waals surface area contributed by atoms with E-state index in [1.165, 1.54) is 11.2 Å². The highest BCUT2D eigenvalue weighted by molar-refractivity contribution is 7.89. The molecule has 8 nitrogen and oxygen atoms in total. The maximum Gasteiger partial charge on any atom is 0.243 e. The maximum atomic E-state index is 13.1. The second-order valence-corrected chi connectivity index (χ2v) is 9.07. The summed E-state index contributed by atoms with van der Waals surface area (Å²) in [6.45, 7) is 5.94. The van der Waals surface area contributed by atoms with Crippen molar-refractivity contribution in [3.8, 4) is 0 Å². The van der Waals surface area contributed by atoms with Crippen molar-refractivity contribution >= 4 is 27.4 Å². The van der Waals surface area contributed by atoms with Crippen LogP contribution < -0.4 is 9.80 Å². The number of hydrogen-bond donors (Lipinski definition) is 0. The standard InChI is InChI=1S/C19H23N5O3S/c1-14-3-6-19(21-20-14)22-9-11-23(12-10-22)28(26,27)17-4-5-18-16(13-17)7-8-24(18)15(2)25/h3-6,13H,7-12H2,1-2H3. The number of hydrogen-bond acceptors (Lipinski definition) is 6. The first-order valence-electron chi connectivity index (χ1n) is 9.33. The van der Waals surface area contributed by atoms with Crippen LogP contribution in [0.4, 0.5) is 11.5 Å². The van der Waals surface area contributed by atoms with E-state index < -0.39 is 10.0 Å². The second kappa shape index (κ2) is 7.14. The summed E-state index contributed by atoms with van der Waals surface area (Å²) < 4.78 is 27.7. The van der Waals surface area contributed by atoms with Crippen molar-refractivity contribution in [1.29, 1.82) is 0 Å². The molecule has 0 bridgehead atoms. The van der Waals surface area contributed by atoms with Gasteiger partial charge in [0.1, 0.15) is 0 Å². The average Bonchev–Trinajstić information content (AvgIpc) is 3.12. The van der Waals surface area contributed by atoms with E-state index in [1.807, 2.05) is 24.0 Å². The largest absolute Gasteiger partial charge is 0.352 e. The van der Waals surface area contributed by atoms with E-state index in [-0.39, 0.29) is 5.91 Å². The Morgan fingerprint density at radius 1 is 1.00 bits per heavy atom. The number of sulfonamides is 1. The predicted molar refractivity (Wildman–Crippen MR) is 106 cm³/mol. The second-order valence-electron chi connectivity index (χ2n) is 7.14. The van der Waals surface area contributed by atoms with Crippen LogP contribution in [0, 0.1) is 6.92 Å². The lowest BCUT2D eigenvalue weighted by Gasteiger charge is -2.34. The van der Waals surface area contributed by atoms with Crippen molar-refractivity contribution < 1.29 is 13.2 Å². The van der Waals surface area contributed by atoms with Gasteiger partial charge in [-0.05, 0) is 49.2 Å². The number of piperazine rings is 1. The van der Waals surface area contributed by atoms with E-state index in [4.69, 9.17) is 0 Å². The van der Waals surface area contributed by atoms with E-state index in [9.17, 15) is 13.2 Å². The molecule has 2 aromatic rings.